The maximum Gasteiger partial charge on any atom is 0.326 e. The van der Waals surface area contributed by atoms with Crippen molar-refractivity contribution in [1.82, 2.24) is 20.1 Å². The summed E-state index contributed by atoms with van der Waals surface area (Å²) in [5.74, 6) is -1.40. The minimum absolute atomic E-state index is 0.387. The zero-order valence-electron chi connectivity index (χ0n) is 13.2. The van der Waals surface area contributed by atoms with Crippen molar-refractivity contribution in [3.63, 3.8) is 0 Å². The minimum Gasteiger partial charge on any atom is -0.480 e. The number of amides is 1. The number of carbonyl (C=O) groups excluding carboxylic acids is 1. The molecule has 1 unspecified atom stereocenters. The summed E-state index contributed by atoms with van der Waals surface area (Å²) in [6.07, 6.45) is 5.07. The van der Waals surface area contributed by atoms with Crippen LogP contribution in [0.3, 0.4) is 0 Å². The number of aromatic nitrogens is 3. The number of rotatable bonds is 7. The van der Waals surface area contributed by atoms with Gasteiger partial charge in [0.25, 0.3) is 5.91 Å². The van der Waals surface area contributed by atoms with Crippen LogP contribution in [0.5, 0.6) is 0 Å². The lowest BCUT2D eigenvalue weighted by Crippen LogP contribution is -2.40. The van der Waals surface area contributed by atoms with E-state index in [-0.39, 0.29) is 5.91 Å². The first kappa shape index (κ1) is 16.7. The number of carbonyl (C=O) groups is 2. The van der Waals surface area contributed by atoms with Crippen molar-refractivity contribution in [2.24, 2.45) is 0 Å². The zero-order valence-corrected chi connectivity index (χ0v) is 13.2. The van der Waals surface area contributed by atoms with Crippen LogP contribution in [0.25, 0.3) is 5.69 Å². The first-order chi connectivity index (χ1) is 11.0. The Morgan fingerprint density at radius 2 is 2.17 bits per heavy atom. The Hall–Kier alpha value is -2.70. The molecule has 7 nitrogen and oxygen atoms in total. The summed E-state index contributed by atoms with van der Waals surface area (Å²) in [6.45, 7) is 3.84. The summed E-state index contributed by atoms with van der Waals surface area (Å²) < 4.78 is 1.61. The number of carboxylic acids is 1. The molecule has 0 spiro atoms. The highest BCUT2D eigenvalue weighted by Crippen LogP contribution is 2.15. The Morgan fingerprint density at radius 1 is 1.39 bits per heavy atom. The number of aliphatic carboxylic acids is 1. The molecule has 0 radical (unpaired) electrons. The van der Waals surface area contributed by atoms with E-state index in [9.17, 15) is 14.7 Å². The van der Waals surface area contributed by atoms with Gasteiger partial charge in [-0.05, 0) is 37.1 Å². The van der Waals surface area contributed by atoms with E-state index in [1.807, 2.05) is 13.8 Å². The van der Waals surface area contributed by atoms with Gasteiger partial charge in [-0.1, -0.05) is 19.8 Å². The number of nitrogens with one attached hydrogen (secondary N) is 1. The molecule has 7 heteroatoms. The number of aryl methyl sites for hydroxylation is 1. The molecule has 0 aliphatic heterocycles. The number of nitrogens with zero attached hydrogens (tertiary/aromatic N) is 3. The number of unbranched alkanes of at least 4 members (excludes halogenated alkanes) is 1. The van der Waals surface area contributed by atoms with Crippen LogP contribution in [-0.2, 0) is 4.79 Å². The van der Waals surface area contributed by atoms with Gasteiger partial charge in [0.2, 0.25) is 0 Å². The third kappa shape index (κ3) is 4.15. The quantitative estimate of drug-likeness (QED) is 0.813. The maximum absolute atomic E-state index is 12.3. The van der Waals surface area contributed by atoms with Gasteiger partial charge >= 0.3 is 5.97 Å². The van der Waals surface area contributed by atoms with E-state index in [4.69, 9.17) is 0 Å². The van der Waals surface area contributed by atoms with Crippen LogP contribution in [0.2, 0.25) is 0 Å². The average molecular weight is 316 g/mol. The highest BCUT2D eigenvalue weighted by Gasteiger charge is 2.20. The van der Waals surface area contributed by atoms with Crippen LogP contribution in [-0.4, -0.2) is 37.8 Å². The van der Waals surface area contributed by atoms with Crippen LogP contribution in [0.1, 0.15) is 42.1 Å². The van der Waals surface area contributed by atoms with Gasteiger partial charge < -0.3 is 10.4 Å². The van der Waals surface area contributed by atoms with E-state index in [1.54, 1.807) is 29.2 Å². The minimum atomic E-state index is -1.01. The third-order valence-corrected chi connectivity index (χ3v) is 3.57. The molecule has 2 N–H and O–H groups in total. The standard InChI is InChI=1S/C16H20N4O3/c1-3-4-5-13(16(22)23)19-15(21)12-6-7-14(11(2)8-12)20-10-17-9-18-20/h6-10,13H,3-5H2,1-2H3,(H,19,21)(H,22,23). The third-order valence-electron chi connectivity index (χ3n) is 3.57. The van der Waals surface area contributed by atoms with Crippen LogP contribution in [0.15, 0.2) is 30.9 Å². The summed E-state index contributed by atoms with van der Waals surface area (Å²) in [5.41, 5.74) is 2.09. The van der Waals surface area contributed by atoms with Gasteiger partial charge in [0.05, 0.1) is 5.69 Å². The second-order valence-electron chi connectivity index (χ2n) is 5.35. The molecule has 0 saturated carbocycles. The van der Waals surface area contributed by atoms with E-state index >= 15 is 0 Å². The van der Waals surface area contributed by atoms with Crippen molar-refractivity contribution < 1.29 is 14.7 Å². The Labute approximate surface area is 134 Å². The van der Waals surface area contributed by atoms with E-state index in [0.717, 1.165) is 24.1 Å². The molecule has 1 aromatic heterocycles. The summed E-state index contributed by atoms with van der Waals surface area (Å²) in [5, 5.41) is 15.8. The molecule has 1 heterocycles. The van der Waals surface area contributed by atoms with Crippen LogP contribution in [0, 0.1) is 6.92 Å². The fourth-order valence-electron chi connectivity index (χ4n) is 2.29. The van der Waals surface area contributed by atoms with Crippen molar-refractivity contribution >= 4 is 11.9 Å². The van der Waals surface area contributed by atoms with Crippen molar-refractivity contribution in [2.75, 3.05) is 0 Å². The van der Waals surface area contributed by atoms with Crippen molar-refractivity contribution in [1.29, 1.82) is 0 Å². The number of carboxylic acid groups (broad SMARTS) is 1. The predicted molar refractivity (Wildman–Crippen MR) is 84.5 cm³/mol. The molecule has 0 aliphatic rings. The van der Waals surface area contributed by atoms with Crippen molar-refractivity contribution in [3.8, 4) is 5.69 Å². The first-order valence-corrected chi connectivity index (χ1v) is 7.52. The molecule has 0 fully saturated rings. The van der Waals surface area contributed by atoms with Crippen molar-refractivity contribution in [3.05, 3.63) is 42.0 Å². The summed E-state index contributed by atoms with van der Waals surface area (Å²) in [7, 11) is 0. The molecule has 0 saturated heterocycles. The highest BCUT2D eigenvalue weighted by molar-refractivity contribution is 5.97. The number of benzene rings is 1. The smallest absolute Gasteiger partial charge is 0.326 e. The molecule has 0 aliphatic carbocycles. The lowest BCUT2D eigenvalue weighted by Gasteiger charge is -2.15. The molecule has 1 aromatic carbocycles. The Kier molecular flexibility index (Phi) is 5.46. The maximum atomic E-state index is 12.3. The molecule has 0 bridgehead atoms. The van der Waals surface area contributed by atoms with Gasteiger partial charge in [-0.25, -0.2) is 14.5 Å². The second-order valence-corrected chi connectivity index (χ2v) is 5.35. The molecule has 23 heavy (non-hydrogen) atoms. The monoisotopic (exact) mass is 316 g/mol. The average Bonchev–Trinajstić information content (AvgIpc) is 3.04. The van der Waals surface area contributed by atoms with E-state index < -0.39 is 12.0 Å². The largest absolute Gasteiger partial charge is 0.480 e. The van der Waals surface area contributed by atoms with Gasteiger partial charge in [0.15, 0.2) is 0 Å². The summed E-state index contributed by atoms with van der Waals surface area (Å²) in [4.78, 5) is 27.4. The molecular weight excluding hydrogens is 296 g/mol. The zero-order chi connectivity index (χ0) is 16.8. The van der Waals surface area contributed by atoms with E-state index in [0.29, 0.717) is 12.0 Å². The molecule has 1 atom stereocenters. The van der Waals surface area contributed by atoms with Crippen LogP contribution < -0.4 is 5.32 Å². The van der Waals surface area contributed by atoms with Crippen LogP contribution >= 0.6 is 0 Å². The topological polar surface area (TPSA) is 97.1 Å². The van der Waals surface area contributed by atoms with Gasteiger partial charge in [-0.15, -0.1) is 0 Å². The molecule has 1 amide bonds. The highest BCUT2D eigenvalue weighted by atomic mass is 16.4. The molecule has 2 aromatic rings. The number of hydrogen-bond acceptors (Lipinski definition) is 4. The first-order valence-electron chi connectivity index (χ1n) is 7.52. The number of hydrogen-bond donors (Lipinski definition) is 2. The van der Waals surface area contributed by atoms with Crippen molar-refractivity contribution in [2.45, 2.75) is 39.2 Å². The lowest BCUT2D eigenvalue weighted by atomic mass is 10.1. The Morgan fingerprint density at radius 3 is 2.74 bits per heavy atom. The molecule has 2 rings (SSSR count). The van der Waals surface area contributed by atoms with E-state index in [2.05, 4.69) is 15.4 Å². The fourth-order valence-corrected chi connectivity index (χ4v) is 2.29. The van der Waals surface area contributed by atoms with Crippen LogP contribution in [0.4, 0.5) is 0 Å². The van der Waals surface area contributed by atoms with Gasteiger partial charge in [-0.2, -0.15) is 5.10 Å². The van der Waals surface area contributed by atoms with Gasteiger partial charge in [0, 0.05) is 5.56 Å². The van der Waals surface area contributed by atoms with Gasteiger partial charge in [0.1, 0.15) is 18.7 Å². The van der Waals surface area contributed by atoms with Gasteiger partial charge in [-0.3, -0.25) is 4.79 Å². The lowest BCUT2D eigenvalue weighted by molar-refractivity contribution is -0.139. The predicted octanol–water partition coefficient (Wildman–Crippen LogP) is 1.95. The molecular formula is C16H20N4O3. The SMILES string of the molecule is CCCCC(NC(=O)c1ccc(-n2cncn2)c(C)c1)C(=O)O. The summed E-state index contributed by atoms with van der Waals surface area (Å²) >= 11 is 0. The fraction of sp³-hybridized carbons (Fsp3) is 0.375. The van der Waals surface area contributed by atoms with E-state index in [1.165, 1.54) is 6.33 Å². The second kappa shape index (κ2) is 7.53. The normalized spacial score (nSPS) is 11.9. The summed E-state index contributed by atoms with van der Waals surface area (Å²) in [6, 6.07) is 4.27. The Balaban J connectivity index is 2.13. The Bertz CT molecular complexity index is 683. The molecule has 122 valence electrons.